The maximum atomic E-state index is 12.6. The zero-order chi connectivity index (χ0) is 27.3. The van der Waals surface area contributed by atoms with Crippen molar-refractivity contribution in [2.75, 3.05) is 4.90 Å². The number of nitrogens with zero attached hydrogens (tertiary/aromatic N) is 1. The van der Waals surface area contributed by atoms with Crippen LogP contribution >= 0.6 is 0 Å². The summed E-state index contributed by atoms with van der Waals surface area (Å²) < 4.78 is 12.2. The first-order valence-corrected chi connectivity index (χ1v) is 13.6. The van der Waals surface area contributed by atoms with E-state index in [0.29, 0.717) is 11.0 Å². The lowest BCUT2D eigenvalue weighted by molar-refractivity contribution is 0.569. The molecule has 4 heteroatoms. The van der Waals surface area contributed by atoms with Gasteiger partial charge in [0.1, 0.15) is 11.2 Å². The van der Waals surface area contributed by atoms with Gasteiger partial charge in [-0.2, -0.15) is 0 Å². The van der Waals surface area contributed by atoms with Gasteiger partial charge in [-0.15, -0.1) is 0 Å². The number of hydrogen-bond acceptors (Lipinski definition) is 4. The van der Waals surface area contributed by atoms with E-state index in [1.165, 1.54) is 0 Å². The second-order valence-electron chi connectivity index (χ2n) is 10.1. The fourth-order valence-electron chi connectivity index (χ4n) is 5.78. The van der Waals surface area contributed by atoms with Gasteiger partial charge in [-0.05, 0) is 65.0 Å². The third-order valence-electron chi connectivity index (χ3n) is 7.72. The molecule has 0 spiro atoms. The van der Waals surface area contributed by atoms with Crippen molar-refractivity contribution in [1.29, 1.82) is 0 Å². The molecule has 8 aromatic rings. The molecule has 4 nitrogen and oxygen atoms in total. The molecule has 2 aromatic heterocycles. The van der Waals surface area contributed by atoms with Gasteiger partial charge < -0.3 is 13.7 Å². The van der Waals surface area contributed by atoms with Gasteiger partial charge in [0.2, 0.25) is 0 Å². The summed E-state index contributed by atoms with van der Waals surface area (Å²) in [6.45, 7) is 0. The highest BCUT2D eigenvalue weighted by molar-refractivity contribution is 6.11. The van der Waals surface area contributed by atoms with Crippen molar-refractivity contribution in [2.45, 2.75) is 0 Å². The molecule has 0 unspecified atom stereocenters. The third-order valence-corrected chi connectivity index (χ3v) is 7.72. The van der Waals surface area contributed by atoms with E-state index in [9.17, 15) is 4.79 Å². The summed E-state index contributed by atoms with van der Waals surface area (Å²) in [5.74, 6) is 0. The largest absolute Gasteiger partial charge is 0.454 e. The van der Waals surface area contributed by atoms with Crippen molar-refractivity contribution in [3.8, 4) is 11.1 Å². The van der Waals surface area contributed by atoms with E-state index < -0.39 is 0 Å². The topological polar surface area (TPSA) is 46.6 Å². The fourth-order valence-corrected chi connectivity index (χ4v) is 5.78. The first kappa shape index (κ1) is 23.3. The molecule has 6 aromatic carbocycles. The molecule has 0 atom stereocenters. The van der Waals surface area contributed by atoms with Gasteiger partial charge in [0.05, 0.1) is 11.1 Å². The SMILES string of the molecule is O=c1oc2ccc(N(c3ccc(-c4ccccc4)cc3)c3cccc4c3oc3ccccc34)cc2c2ccccc12. The van der Waals surface area contributed by atoms with Crippen LogP contribution in [-0.2, 0) is 0 Å². The van der Waals surface area contributed by atoms with E-state index in [4.69, 9.17) is 8.83 Å². The number of para-hydroxylation sites is 2. The van der Waals surface area contributed by atoms with E-state index in [0.717, 1.165) is 60.9 Å². The van der Waals surface area contributed by atoms with Crippen LogP contribution in [0.4, 0.5) is 17.1 Å². The third kappa shape index (κ3) is 3.80. The molecule has 0 aliphatic carbocycles. The number of anilines is 3. The van der Waals surface area contributed by atoms with Gasteiger partial charge in [-0.25, -0.2) is 4.79 Å². The molecule has 0 aliphatic rings. The maximum absolute atomic E-state index is 12.6. The van der Waals surface area contributed by atoms with Crippen LogP contribution in [0.3, 0.4) is 0 Å². The molecule has 194 valence electrons. The van der Waals surface area contributed by atoms with Crippen LogP contribution in [0.25, 0.3) is 54.8 Å². The fraction of sp³-hybridized carbons (Fsp3) is 0. The highest BCUT2D eigenvalue weighted by Crippen LogP contribution is 2.43. The van der Waals surface area contributed by atoms with Crippen molar-refractivity contribution in [1.82, 2.24) is 0 Å². The zero-order valence-electron chi connectivity index (χ0n) is 22.0. The quantitative estimate of drug-likeness (QED) is 0.168. The highest BCUT2D eigenvalue weighted by Gasteiger charge is 2.20. The van der Waals surface area contributed by atoms with Gasteiger partial charge in [-0.1, -0.05) is 91.0 Å². The molecule has 0 fully saturated rings. The molecular formula is C37H23NO3. The van der Waals surface area contributed by atoms with Crippen molar-refractivity contribution < 1.29 is 8.83 Å². The van der Waals surface area contributed by atoms with E-state index >= 15 is 0 Å². The Morgan fingerprint density at radius 1 is 0.439 bits per heavy atom. The van der Waals surface area contributed by atoms with Crippen LogP contribution in [0.2, 0.25) is 0 Å². The normalized spacial score (nSPS) is 11.5. The Bertz CT molecular complexity index is 2280. The predicted molar refractivity (Wildman–Crippen MR) is 167 cm³/mol. The molecule has 8 rings (SSSR count). The molecule has 0 aliphatic heterocycles. The van der Waals surface area contributed by atoms with Gasteiger partial charge in [0.25, 0.3) is 0 Å². The highest BCUT2D eigenvalue weighted by atomic mass is 16.4. The summed E-state index contributed by atoms with van der Waals surface area (Å²) >= 11 is 0. The molecule has 0 amide bonds. The van der Waals surface area contributed by atoms with Crippen molar-refractivity contribution >= 4 is 60.7 Å². The monoisotopic (exact) mass is 529 g/mol. The summed E-state index contributed by atoms with van der Waals surface area (Å²) in [5, 5.41) is 4.44. The summed E-state index contributed by atoms with van der Waals surface area (Å²) in [6.07, 6.45) is 0. The lowest BCUT2D eigenvalue weighted by atomic mass is 10.0. The van der Waals surface area contributed by atoms with E-state index in [1.807, 2.05) is 60.7 Å². The van der Waals surface area contributed by atoms with E-state index in [-0.39, 0.29) is 5.63 Å². The van der Waals surface area contributed by atoms with E-state index in [1.54, 1.807) is 0 Å². The summed E-state index contributed by atoms with van der Waals surface area (Å²) in [5.41, 5.74) is 7.02. The molecule has 0 N–H and O–H groups in total. The number of fused-ring (bicyclic) bond motifs is 6. The number of benzene rings is 6. The predicted octanol–water partition coefficient (Wildman–Crippen LogP) is 9.98. The molecule has 0 saturated heterocycles. The average molecular weight is 530 g/mol. The first-order chi connectivity index (χ1) is 20.2. The van der Waals surface area contributed by atoms with Crippen LogP contribution in [0, 0.1) is 0 Å². The Balaban J connectivity index is 1.39. The van der Waals surface area contributed by atoms with Gasteiger partial charge in [-0.3, -0.25) is 0 Å². The van der Waals surface area contributed by atoms with Crippen LogP contribution < -0.4 is 10.5 Å². The molecular weight excluding hydrogens is 506 g/mol. The van der Waals surface area contributed by atoms with Crippen LogP contribution in [-0.4, -0.2) is 0 Å². The first-order valence-electron chi connectivity index (χ1n) is 13.6. The van der Waals surface area contributed by atoms with Crippen LogP contribution in [0.5, 0.6) is 0 Å². The molecule has 41 heavy (non-hydrogen) atoms. The Hall–Kier alpha value is -5.61. The van der Waals surface area contributed by atoms with Crippen molar-refractivity contribution in [2.24, 2.45) is 0 Å². The average Bonchev–Trinajstić information content (AvgIpc) is 3.42. The Kier molecular flexibility index (Phi) is 5.25. The minimum absolute atomic E-state index is 0.332. The molecule has 2 heterocycles. The van der Waals surface area contributed by atoms with Crippen molar-refractivity contribution in [3.63, 3.8) is 0 Å². The van der Waals surface area contributed by atoms with Crippen molar-refractivity contribution in [3.05, 3.63) is 150 Å². The van der Waals surface area contributed by atoms with Crippen LogP contribution in [0.1, 0.15) is 0 Å². The Labute approximate surface area is 235 Å². The lowest BCUT2D eigenvalue weighted by Crippen LogP contribution is -2.10. The zero-order valence-corrected chi connectivity index (χ0v) is 22.0. The summed E-state index contributed by atoms with van der Waals surface area (Å²) in [4.78, 5) is 14.9. The minimum Gasteiger partial charge on any atom is -0.454 e. The van der Waals surface area contributed by atoms with Gasteiger partial charge in [0, 0.05) is 27.5 Å². The molecule has 0 saturated carbocycles. The van der Waals surface area contributed by atoms with Crippen LogP contribution in [0.15, 0.2) is 153 Å². The summed E-state index contributed by atoms with van der Waals surface area (Å²) in [7, 11) is 0. The molecule has 0 bridgehead atoms. The standard InChI is InChI=1S/C37H23NO3/c39-37-31-13-5-4-11-28(31)32-23-27(21-22-35(32)41-37)38(26-19-17-25(18-20-26)24-9-2-1-3-10-24)33-15-8-14-30-29-12-6-7-16-34(29)40-36(30)33/h1-23H. The second-order valence-corrected chi connectivity index (χ2v) is 10.1. The van der Waals surface area contributed by atoms with Gasteiger partial charge >= 0.3 is 5.63 Å². The van der Waals surface area contributed by atoms with Gasteiger partial charge in [0.15, 0.2) is 5.58 Å². The Morgan fingerprint density at radius 3 is 1.90 bits per heavy atom. The number of rotatable bonds is 4. The number of hydrogen-bond donors (Lipinski definition) is 0. The number of furan rings is 1. The second kappa shape index (κ2) is 9.25. The summed E-state index contributed by atoms with van der Waals surface area (Å²) in [6, 6.07) is 46.8. The van der Waals surface area contributed by atoms with E-state index in [2.05, 4.69) is 83.8 Å². The Morgan fingerprint density at radius 2 is 1.07 bits per heavy atom. The molecule has 0 radical (unpaired) electrons. The lowest BCUT2D eigenvalue weighted by Gasteiger charge is -2.26. The maximum Gasteiger partial charge on any atom is 0.344 e. The minimum atomic E-state index is -0.332. The smallest absolute Gasteiger partial charge is 0.344 e.